The molecule has 0 aliphatic carbocycles. The molecule has 0 aliphatic rings. The monoisotopic (exact) mass is 130 g/mol. The fraction of sp³-hybridized carbons (Fsp3) is 0.833. The van der Waals surface area contributed by atoms with Gasteiger partial charge in [-0.1, -0.05) is 13.8 Å². The molecule has 0 aliphatic heterocycles. The van der Waals surface area contributed by atoms with Crippen LogP contribution in [0.2, 0.25) is 0 Å². The highest BCUT2D eigenvalue weighted by Gasteiger charge is 2.19. The molecule has 3 nitrogen and oxygen atoms in total. The van der Waals surface area contributed by atoms with Gasteiger partial charge < -0.3 is 5.11 Å². The van der Waals surface area contributed by atoms with Crippen LogP contribution in [0.4, 0.5) is 0 Å². The normalized spacial score (nSPS) is 11.4. The minimum atomic E-state index is -0.827. The molecule has 0 unspecified atom stereocenters. The largest absolute Gasteiger partial charge is 0.481 e. The molecule has 0 heterocycles. The first-order valence-corrected chi connectivity index (χ1v) is 2.84. The average molecular weight is 130 g/mol. The second-order valence-electron chi connectivity index (χ2n) is 2.91. The topological polar surface area (TPSA) is 61.1 Å². The van der Waals surface area contributed by atoms with Gasteiger partial charge in [-0.05, 0) is 5.41 Å². The van der Waals surface area contributed by atoms with Crippen LogP contribution in [-0.2, 0) is 4.79 Å². The van der Waals surface area contributed by atoms with E-state index in [9.17, 15) is 4.79 Å². The van der Waals surface area contributed by atoms with E-state index in [4.69, 9.17) is 10.8 Å². The van der Waals surface area contributed by atoms with E-state index in [0.29, 0.717) is 0 Å². The highest BCUT2D eigenvalue weighted by atomic mass is 16.4. The van der Waals surface area contributed by atoms with E-state index in [0.717, 1.165) is 0 Å². The molecule has 0 spiro atoms. The molecule has 3 heteroatoms. The molecule has 0 bridgehead atoms. The Kier molecular flexibility index (Phi) is 2.65. The Labute approximate surface area is 54.9 Å². The third kappa shape index (κ3) is 3.97. The molecule has 0 aromatic heterocycles. The molecule has 53 valence electrons. The number of rotatable bonds is 3. The van der Waals surface area contributed by atoms with Gasteiger partial charge in [-0.3, -0.25) is 10.5 Å². The SMILES string of the molecule is CC(C)(C[NH])CC(=O)O. The van der Waals surface area contributed by atoms with Crippen molar-refractivity contribution in [1.29, 1.82) is 0 Å². The van der Waals surface area contributed by atoms with Crippen molar-refractivity contribution in [3.8, 4) is 0 Å². The summed E-state index contributed by atoms with van der Waals surface area (Å²) in [5, 5.41) is 8.30. The third-order valence-corrected chi connectivity index (χ3v) is 1.11. The van der Waals surface area contributed by atoms with Crippen LogP contribution in [-0.4, -0.2) is 17.6 Å². The number of carboxylic acids is 1. The van der Waals surface area contributed by atoms with Crippen LogP contribution < -0.4 is 5.73 Å². The maximum Gasteiger partial charge on any atom is 0.303 e. The molecule has 0 saturated heterocycles. The quantitative estimate of drug-likeness (QED) is 0.613. The minimum Gasteiger partial charge on any atom is -0.481 e. The third-order valence-electron chi connectivity index (χ3n) is 1.11. The van der Waals surface area contributed by atoms with Crippen LogP contribution in [0.15, 0.2) is 0 Å². The zero-order valence-electron chi connectivity index (χ0n) is 5.77. The van der Waals surface area contributed by atoms with Gasteiger partial charge in [0.05, 0.1) is 6.42 Å². The first kappa shape index (κ1) is 8.43. The maximum atomic E-state index is 10.1. The summed E-state index contributed by atoms with van der Waals surface area (Å²) < 4.78 is 0. The van der Waals surface area contributed by atoms with Crippen LogP contribution >= 0.6 is 0 Å². The van der Waals surface area contributed by atoms with Gasteiger partial charge in [0.25, 0.3) is 0 Å². The van der Waals surface area contributed by atoms with Gasteiger partial charge in [0.15, 0.2) is 0 Å². The lowest BCUT2D eigenvalue weighted by atomic mass is 9.90. The fourth-order valence-electron chi connectivity index (χ4n) is 0.472. The summed E-state index contributed by atoms with van der Waals surface area (Å²) >= 11 is 0. The Morgan fingerprint density at radius 2 is 2.11 bits per heavy atom. The summed E-state index contributed by atoms with van der Waals surface area (Å²) in [5.74, 6) is -0.827. The van der Waals surface area contributed by atoms with Crippen molar-refractivity contribution >= 4 is 5.97 Å². The highest BCUT2D eigenvalue weighted by Crippen LogP contribution is 2.17. The van der Waals surface area contributed by atoms with Crippen LogP contribution in [0.3, 0.4) is 0 Å². The Morgan fingerprint density at radius 3 is 2.22 bits per heavy atom. The van der Waals surface area contributed by atoms with Gasteiger partial charge in [-0.25, -0.2) is 0 Å². The first-order chi connectivity index (χ1) is 3.98. The maximum absolute atomic E-state index is 10.1. The molecule has 2 N–H and O–H groups in total. The number of carbonyl (C=O) groups is 1. The van der Waals surface area contributed by atoms with Crippen LogP contribution in [0.5, 0.6) is 0 Å². The summed E-state index contributed by atoms with van der Waals surface area (Å²) in [6.07, 6.45) is 0.0799. The van der Waals surface area contributed by atoms with E-state index < -0.39 is 5.97 Å². The molecule has 0 atom stereocenters. The van der Waals surface area contributed by atoms with Crippen LogP contribution in [0.25, 0.3) is 0 Å². The second kappa shape index (κ2) is 2.82. The summed E-state index contributed by atoms with van der Waals surface area (Å²) in [6, 6.07) is 0. The molecule has 0 rings (SSSR count). The van der Waals surface area contributed by atoms with E-state index in [1.165, 1.54) is 0 Å². The lowest BCUT2D eigenvalue weighted by molar-refractivity contribution is -0.139. The highest BCUT2D eigenvalue weighted by molar-refractivity contribution is 5.67. The van der Waals surface area contributed by atoms with Crippen molar-refractivity contribution in [2.75, 3.05) is 6.54 Å². The summed E-state index contributed by atoms with van der Waals surface area (Å²) in [4.78, 5) is 10.1. The molecular weight excluding hydrogens is 118 g/mol. The van der Waals surface area contributed by atoms with E-state index in [-0.39, 0.29) is 18.4 Å². The van der Waals surface area contributed by atoms with Gasteiger partial charge in [-0.2, -0.15) is 0 Å². The Balaban J connectivity index is 3.71. The molecule has 1 radical (unpaired) electrons. The predicted octanol–water partition coefficient (Wildman–Crippen LogP) is 0.770. The van der Waals surface area contributed by atoms with Gasteiger partial charge in [0.1, 0.15) is 0 Å². The van der Waals surface area contributed by atoms with Crippen molar-refractivity contribution in [2.24, 2.45) is 5.41 Å². The van der Waals surface area contributed by atoms with Gasteiger partial charge in [0.2, 0.25) is 0 Å². The zero-order valence-corrected chi connectivity index (χ0v) is 5.77. The lowest BCUT2D eigenvalue weighted by Crippen LogP contribution is -2.21. The smallest absolute Gasteiger partial charge is 0.303 e. The summed E-state index contributed by atoms with van der Waals surface area (Å²) in [5.41, 5.74) is 6.57. The molecule has 9 heavy (non-hydrogen) atoms. The Hall–Kier alpha value is -0.570. The minimum absolute atomic E-state index is 0.0799. The van der Waals surface area contributed by atoms with Gasteiger partial charge in [-0.15, -0.1) is 0 Å². The van der Waals surface area contributed by atoms with Crippen molar-refractivity contribution in [3.05, 3.63) is 0 Å². The van der Waals surface area contributed by atoms with Crippen molar-refractivity contribution < 1.29 is 9.90 Å². The zero-order chi connectivity index (χ0) is 7.49. The molecule has 0 fully saturated rings. The van der Waals surface area contributed by atoms with E-state index >= 15 is 0 Å². The van der Waals surface area contributed by atoms with Gasteiger partial charge in [0, 0.05) is 6.54 Å². The van der Waals surface area contributed by atoms with E-state index in [1.54, 1.807) is 13.8 Å². The van der Waals surface area contributed by atoms with Crippen LogP contribution in [0, 0.1) is 5.41 Å². The number of carboxylic acid groups (broad SMARTS) is 1. The summed E-state index contributed by atoms with van der Waals surface area (Å²) in [6.45, 7) is 3.71. The van der Waals surface area contributed by atoms with Crippen molar-refractivity contribution in [1.82, 2.24) is 5.73 Å². The van der Waals surface area contributed by atoms with Crippen molar-refractivity contribution in [3.63, 3.8) is 0 Å². The number of hydrogen-bond acceptors (Lipinski definition) is 1. The molecular formula is C6H12NO2. The second-order valence-corrected chi connectivity index (χ2v) is 2.91. The molecule has 0 amide bonds. The van der Waals surface area contributed by atoms with Gasteiger partial charge >= 0.3 is 5.97 Å². The first-order valence-electron chi connectivity index (χ1n) is 2.84. The standard InChI is InChI=1S/C6H12NO2/c1-6(2,4-7)3-5(8)9/h7H,3-4H2,1-2H3,(H,8,9). The fourth-order valence-corrected chi connectivity index (χ4v) is 0.472. The molecule has 0 saturated carbocycles. The van der Waals surface area contributed by atoms with E-state index in [1.807, 2.05) is 0 Å². The van der Waals surface area contributed by atoms with E-state index in [2.05, 4.69) is 0 Å². The average Bonchev–Trinajstić information content (AvgIpc) is 1.63. The number of hydrogen-bond donors (Lipinski definition) is 1. The predicted molar refractivity (Wildman–Crippen MR) is 34.0 cm³/mol. The summed E-state index contributed by atoms with van der Waals surface area (Å²) in [7, 11) is 0. The number of aliphatic carboxylic acids is 1. The molecule has 0 aromatic rings. The van der Waals surface area contributed by atoms with Crippen molar-refractivity contribution in [2.45, 2.75) is 20.3 Å². The Morgan fingerprint density at radius 1 is 1.67 bits per heavy atom. The Bertz CT molecular complexity index is 110. The molecule has 0 aromatic carbocycles. The number of nitrogens with one attached hydrogen (secondary N) is 1. The van der Waals surface area contributed by atoms with Crippen LogP contribution in [0.1, 0.15) is 20.3 Å². The lowest BCUT2D eigenvalue weighted by Gasteiger charge is -2.17.